The van der Waals surface area contributed by atoms with Gasteiger partial charge >= 0.3 is 0 Å². The maximum Gasteiger partial charge on any atom is 0.211 e. The highest BCUT2D eigenvalue weighted by molar-refractivity contribution is 7.88. The third-order valence-electron chi connectivity index (χ3n) is 4.69. The van der Waals surface area contributed by atoms with Gasteiger partial charge in [-0.25, -0.2) is 12.7 Å². The smallest absolute Gasteiger partial charge is 0.211 e. The summed E-state index contributed by atoms with van der Waals surface area (Å²) in [6.45, 7) is 5.38. The van der Waals surface area contributed by atoms with Crippen LogP contribution in [0, 0.1) is 17.2 Å². The largest absolute Gasteiger partial charge is 0.307 e. The molecule has 6 heteroatoms. The average molecular weight is 335 g/mol. The summed E-state index contributed by atoms with van der Waals surface area (Å²) in [6.07, 6.45) is 3.06. The van der Waals surface area contributed by atoms with Crippen LogP contribution in [0.2, 0.25) is 0 Å². The summed E-state index contributed by atoms with van der Waals surface area (Å²) in [6, 6.07) is 10.2. The minimum absolute atomic E-state index is 0.173. The van der Waals surface area contributed by atoms with Gasteiger partial charge in [-0.1, -0.05) is 25.5 Å². The lowest BCUT2D eigenvalue weighted by molar-refractivity contribution is 0.193. The van der Waals surface area contributed by atoms with Gasteiger partial charge in [0.15, 0.2) is 0 Å². The Balaban J connectivity index is 2.02. The van der Waals surface area contributed by atoms with Crippen LogP contribution < -0.4 is 5.32 Å². The summed E-state index contributed by atoms with van der Waals surface area (Å²) in [5.41, 5.74) is 1.80. The first-order valence-corrected chi connectivity index (χ1v) is 9.91. The fourth-order valence-corrected chi connectivity index (χ4v) is 4.10. The molecule has 0 spiro atoms. The van der Waals surface area contributed by atoms with E-state index in [1.165, 1.54) is 6.26 Å². The van der Waals surface area contributed by atoms with Gasteiger partial charge in [0.05, 0.1) is 17.9 Å². The Morgan fingerprint density at radius 1 is 1.39 bits per heavy atom. The van der Waals surface area contributed by atoms with Gasteiger partial charge in [0.2, 0.25) is 10.0 Å². The fraction of sp³-hybridized carbons (Fsp3) is 0.588. The molecule has 1 saturated heterocycles. The van der Waals surface area contributed by atoms with E-state index in [2.05, 4.69) is 25.2 Å². The van der Waals surface area contributed by atoms with E-state index in [9.17, 15) is 8.42 Å². The summed E-state index contributed by atoms with van der Waals surface area (Å²) in [4.78, 5) is 0. The second-order valence-corrected chi connectivity index (χ2v) is 8.29. The zero-order chi connectivity index (χ0) is 17.0. The van der Waals surface area contributed by atoms with E-state index < -0.39 is 10.0 Å². The van der Waals surface area contributed by atoms with Crippen molar-refractivity contribution in [3.63, 3.8) is 0 Å². The average Bonchev–Trinajstić information content (AvgIpc) is 2.54. The highest BCUT2D eigenvalue weighted by Crippen LogP contribution is 2.25. The third-order valence-corrected chi connectivity index (χ3v) is 5.96. The van der Waals surface area contributed by atoms with E-state index in [0.717, 1.165) is 18.4 Å². The Labute approximate surface area is 139 Å². The van der Waals surface area contributed by atoms with E-state index in [0.29, 0.717) is 30.6 Å². The molecule has 0 aromatic heterocycles. The van der Waals surface area contributed by atoms with Crippen LogP contribution in [0.3, 0.4) is 0 Å². The van der Waals surface area contributed by atoms with Gasteiger partial charge in [0.1, 0.15) is 0 Å². The van der Waals surface area contributed by atoms with Crippen LogP contribution >= 0.6 is 0 Å². The molecular weight excluding hydrogens is 310 g/mol. The van der Waals surface area contributed by atoms with Crippen LogP contribution in [-0.4, -0.2) is 38.1 Å². The first kappa shape index (κ1) is 17.9. The number of nitriles is 1. The number of benzene rings is 1. The molecule has 1 aliphatic heterocycles. The lowest BCUT2D eigenvalue weighted by Crippen LogP contribution is -2.51. The highest BCUT2D eigenvalue weighted by atomic mass is 32.2. The predicted molar refractivity (Wildman–Crippen MR) is 91.3 cm³/mol. The fourth-order valence-electron chi connectivity index (χ4n) is 3.20. The summed E-state index contributed by atoms with van der Waals surface area (Å²) >= 11 is 0. The standard InChI is InChI=1S/C17H25N3O2S/c1-4-15-12-20(23(3,21)22)10-9-17(15)19-13(2)16-7-5-14(11-18)6-8-16/h5-8,13,15,17,19H,4,9-10,12H2,1-3H3/t13-,15-,17-/m1/s1. The van der Waals surface area contributed by atoms with Crippen LogP contribution in [0.4, 0.5) is 0 Å². The van der Waals surface area contributed by atoms with Gasteiger partial charge in [-0.2, -0.15) is 5.26 Å². The molecule has 1 aliphatic rings. The molecule has 1 aromatic carbocycles. The van der Waals surface area contributed by atoms with Gasteiger partial charge < -0.3 is 5.32 Å². The van der Waals surface area contributed by atoms with Crippen LogP contribution in [0.1, 0.15) is 43.9 Å². The van der Waals surface area contributed by atoms with Gasteiger partial charge in [0.25, 0.3) is 0 Å². The lowest BCUT2D eigenvalue weighted by Gasteiger charge is -2.38. The van der Waals surface area contributed by atoms with E-state index in [-0.39, 0.29) is 6.04 Å². The normalized spacial score (nSPS) is 24.1. The second kappa shape index (κ2) is 7.43. The zero-order valence-electron chi connectivity index (χ0n) is 14.0. The van der Waals surface area contributed by atoms with Crippen molar-refractivity contribution in [1.82, 2.24) is 9.62 Å². The molecule has 126 valence electrons. The molecular formula is C17H25N3O2S. The van der Waals surface area contributed by atoms with E-state index in [1.807, 2.05) is 24.3 Å². The number of piperidine rings is 1. The maximum absolute atomic E-state index is 11.7. The molecule has 23 heavy (non-hydrogen) atoms. The molecule has 0 aliphatic carbocycles. The molecule has 0 amide bonds. The van der Waals surface area contributed by atoms with E-state index in [1.54, 1.807) is 4.31 Å². The van der Waals surface area contributed by atoms with Crippen molar-refractivity contribution in [2.75, 3.05) is 19.3 Å². The van der Waals surface area contributed by atoms with E-state index >= 15 is 0 Å². The Hall–Kier alpha value is -1.42. The topological polar surface area (TPSA) is 73.2 Å². The molecule has 3 atom stereocenters. The predicted octanol–water partition coefficient (Wildman–Crippen LogP) is 2.27. The number of hydrogen-bond acceptors (Lipinski definition) is 4. The zero-order valence-corrected chi connectivity index (χ0v) is 14.8. The molecule has 1 heterocycles. The number of sulfonamides is 1. The molecule has 0 saturated carbocycles. The van der Waals surface area contributed by atoms with Crippen molar-refractivity contribution in [3.05, 3.63) is 35.4 Å². The van der Waals surface area contributed by atoms with Crippen molar-refractivity contribution >= 4 is 10.0 Å². The van der Waals surface area contributed by atoms with Gasteiger partial charge in [-0.05, 0) is 37.0 Å². The van der Waals surface area contributed by atoms with Crippen molar-refractivity contribution in [2.24, 2.45) is 5.92 Å². The molecule has 2 rings (SSSR count). The third kappa shape index (κ3) is 4.54. The van der Waals surface area contributed by atoms with Crippen LogP contribution in [0.15, 0.2) is 24.3 Å². The highest BCUT2D eigenvalue weighted by Gasteiger charge is 2.32. The minimum atomic E-state index is -3.11. The SMILES string of the molecule is CC[C@@H]1CN(S(C)(=O)=O)CC[C@H]1N[C@H](C)c1ccc(C#N)cc1. The maximum atomic E-state index is 11.7. The molecule has 0 radical (unpaired) electrons. The molecule has 1 N–H and O–H groups in total. The Bertz CT molecular complexity index is 664. The molecule has 0 bridgehead atoms. The summed E-state index contributed by atoms with van der Waals surface area (Å²) in [5.74, 6) is 0.319. The number of nitrogens with zero attached hydrogens (tertiary/aromatic N) is 2. The van der Waals surface area contributed by atoms with Crippen LogP contribution in [0.5, 0.6) is 0 Å². The lowest BCUT2D eigenvalue weighted by atomic mass is 9.90. The quantitative estimate of drug-likeness (QED) is 0.896. The van der Waals surface area contributed by atoms with E-state index in [4.69, 9.17) is 5.26 Å². The number of rotatable bonds is 5. The second-order valence-electron chi connectivity index (χ2n) is 6.31. The Morgan fingerprint density at radius 3 is 2.57 bits per heavy atom. The number of hydrogen-bond donors (Lipinski definition) is 1. The van der Waals surface area contributed by atoms with Gasteiger partial charge in [-0.15, -0.1) is 0 Å². The van der Waals surface area contributed by atoms with Crippen LogP contribution in [0.25, 0.3) is 0 Å². The summed E-state index contributed by atoms with van der Waals surface area (Å²) in [7, 11) is -3.11. The Morgan fingerprint density at radius 2 is 2.04 bits per heavy atom. The summed E-state index contributed by atoms with van der Waals surface area (Å²) in [5, 5.41) is 12.5. The first-order chi connectivity index (χ1) is 10.8. The van der Waals surface area contributed by atoms with Crippen LogP contribution in [-0.2, 0) is 10.0 Å². The molecule has 0 unspecified atom stereocenters. The monoisotopic (exact) mass is 335 g/mol. The molecule has 1 fully saturated rings. The van der Waals surface area contributed by atoms with Gasteiger partial charge in [-0.3, -0.25) is 0 Å². The minimum Gasteiger partial charge on any atom is -0.307 e. The van der Waals surface area contributed by atoms with Crippen molar-refractivity contribution in [1.29, 1.82) is 5.26 Å². The van der Waals surface area contributed by atoms with Crippen molar-refractivity contribution in [2.45, 2.75) is 38.8 Å². The summed E-state index contributed by atoms with van der Waals surface area (Å²) < 4.78 is 25.1. The van der Waals surface area contributed by atoms with Crippen molar-refractivity contribution in [3.8, 4) is 6.07 Å². The molecule has 5 nitrogen and oxygen atoms in total. The van der Waals surface area contributed by atoms with Gasteiger partial charge in [0, 0.05) is 25.2 Å². The molecule has 1 aromatic rings. The van der Waals surface area contributed by atoms with Crippen molar-refractivity contribution < 1.29 is 8.42 Å². The first-order valence-electron chi connectivity index (χ1n) is 8.06. The number of nitrogens with one attached hydrogen (secondary N) is 1. The Kier molecular flexibility index (Phi) is 5.79.